The van der Waals surface area contributed by atoms with Crippen LogP contribution in [-0.2, 0) is 4.79 Å². The Morgan fingerprint density at radius 3 is 1.97 bits per heavy atom. The second kappa shape index (κ2) is 7.76. The molecule has 30 heavy (non-hydrogen) atoms. The van der Waals surface area contributed by atoms with Crippen molar-refractivity contribution < 1.29 is 4.79 Å². The number of rotatable bonds is 4. The van der Waals surface area contributed by atoms with Gasteiger partial charge in [0.1, 0.15) is 0 Å². The minimum atomic E-state index is -0.413. The van der Waals surface area contributed by atoms with E-state index in [4.69, 9.17) is 0 Å². The fourth-order valence-corrected chi connectivity index (χ4v) is 3.87. The molecule has 0 saturated heterocycles. The highest BCUT2D eigenvalue weighted by molar-refractivity contribution is 6.13. The summed E-state index contributed by atoms with van der Waals surface area (Å²) in [6, 6.07) is 29.4. The molecule has 0 bridgehead atoms. The molecule has 144 valence electrons. The zero-order valence-corrected chi connectivity index (χ0v) is 16.2. The van der Waals surface area contributed by atoms with Crippen LogP contribution in [0.2, 0.25) is 0 Å². The maximum Gasteiger partial charge on any atom is 0.236 e. The number of carbonyl (C=O) groups is 1. The van der Waals surface area contributed by atoms with Crippen molar-refractivity contribution in [3.05, 3.63) is 115 Å². The Labute approximate surface area is 174 Å². The monoisotopic (exact) mass is 389 g/mol. The second-order valence-corrected chi connectivity index (χ2v) is 7.14. The van der Waals surface area contributed by atoms with Crippen molar-refractivity contribution in [1.29, 1.82) is 0 Å². The molecule has 4 nitrogen and oxygen atoms in total. The van der Waals surface area contributed by atoms with Gasteiger partial charge in [0.25, 0.3) is 0 Å². The van der Waals surface area contributed by atoms with Gasteiger partial charge >= 0.3 is 0 Å². The lowest BCUT2D eigenvalue weighted by Crippen LogP contribution is -2.22. The number of fused-ring (bicyclic) bond motifs is 3. The lowest BCUT2D eigenvalue weighted by atomic mass is 9.90. The molecule has 1 amide bonds. The van der Waals surface area contributed by atoms with Crippen molar-refractivity contribution >= 4 is 33.4 Å². The SMILES string of the molecule is O=C(Nc1cc2cccnc2c2ncccc12)C(c1ccccc1)c1ccccc1. The summed E-state index contributed by atoms with van der Waals surface area (Å²) < 4.78 is 0. The number of hydrogen-bond acceptors (Lipinski definition) is 3. The Bertz CT molecular complexity index is 1290. The van der Waals surface area contributed by atoms with Gasteiger partial charge in [-0.3, -0.25) is 14.8 Å². The first-order valence-electron chi connectivity index (χ1n) is 9.84. The van der Waals surface area contributed by atoms with Crippen LogP contribution in [0, 0.1) is 0 Å². The molecule has 0 saturated carbocycles. The van der Waals surface area contributed by atoms with Crippen LogP contribution >= 0.6 is 0 Å². The van der Waals surface area contributed by atoms with Crippen LogP contribution in [-0.4, -0.2) is 15.9 Å². The number of benzene rings is 3. The molecule has 0 fully saturated rings. The minimum absolute atomic E-state index is 0.0826. The summed E-state index contributed by atoms with van der Waals surface area (Å²) >= 11 is 0. The topological polar surface area (TPSA) is 54.9 Å². The lowest BCUT2D eigenvalue weighted by molar-refractivity contribution is -0.116. The molecule has 0 aliphatic carbocycles. The summed E-state index contributed by atoms with van der Waals surface area (Å²) in [6.07, 6.45) is 3.51. The zero-order valence-electron chi connectivity index (χ0n) is 16.2. The average Bonchev–Trinajstić information content (AvgIpc) is 2.81. The predicted octanol–water partition coefficient (Wildman–Crippen LogP) is 5.55. The summed E-state index contributed by atoms with van der Waals surface area (Å²) in [4.78, 5) is 22.6. The molecule has 5 rings (SSSR count). The molecule has 0 aliphatic heterocycles. The molecule has 0 radical (unpaired) electrons. The van der Waals surface area contributed by atoms with Gasteiger partial charge in [0.15, 0.2) is 0 Å². The minimum Gasteiger partial charge on any atom is -0.325 e. The molecule has 3 aromatic carbocycles. The van der Waals surface area contributed by atoms with E-state index < -0.39 is 5.92 Å². The van der Waals surface area contributed by atoms with Crippen LogP contribution < -0.4 is 5.32 Å². The van der Waals surface area contributed by atoms with E-state index in [1.807, 2.05) is 91.0 Å². The Morgan fingerprint density at radius 1 is 0.700 bits per heavy atom. The molecular weight excluding hydrogens is 370 g/mol. The fourth-order valence-electron chi connectivity index (χ4n) is 3.87. The van der Waals surface area contributed by atoms with Crippen molar-refractivity contribution in [1.82, 2.24) is 9.97 Å². The van der Waals surface area contributed by atoms with Crippen LogP contribution in [0.5, 0.6) is 0 Å². The van der Waals surface area contributed by atoms with Crippen molar-refractivity contribution in [2.45, 2.75) is 5.92 Å². The molecule has 2 heterocycles. The maximum absolute atomic E-state index is 13.5. The molecule has 1 N–H and O–H groups in total. The van der Waals surface area contributed by atoms with Gasteiger partial charge in [0.05, 0.1) is 22.6 Å². The number of aromatic nitrogens is 2. The lowest BCUT2D eigenvalue weighted by Gasteiger charge is -2.19. The third-order valence-electron chi connectivity index (χ3n) is 5.25. The van der Waals surface area contributed by atoms with Gasteiger partial charge < -0.3 is 5.32 Å². The molecule has 5 aromatic rings. The third-order valence-corrected chi connectivity index (χ3v) is 5.25. The average molecular weight is 389 g/mol. The normalized spacial score (nSPS) is 11.1. The number of anilines is 1. The van der Waals surface area contributed by atoms with Crippen LogP contribution in [0.15, 0.2) is 103 Å². The quantitative estimate of drug-likeness (QED) is 0.410. The number of carbonyl (C=O) groups excluding carboxylic acids is 1. The van der Waals surface area contributed by atoms with E-state index in [1.165, 1.54) is 0 Å². The van der Waals surface area contributed by atoms with Gasteiger partial charge in [-0.1, -0.05) is 66.7 Å². The first kappa shape index (κ1) is 18.0. The largest absolute Gasteiger partial charge is 0.325 e. The van der Waals surface area contributed by atoms with Crippen LogP contribution in [0.1, 0.15) is 17.0 Å². The first-order valence-corrected chi connectivity index (χ1v) is 9.84. The van der Waals surface area contributed by atoms with Gasteiger partial charge in [-0.05, 0) is 35.4 Å². The molecule has 4 heteroatoms. The van der Waals surface area contributed by atoms with E-state index in [9.17, 15) is 4.79 Å². The van der Waals surface area contributed by atoms with Gasteiger partial charge in [0, 0.05) is 23.2 Å². The number of amides is 1. The van der Waals surface area contributed by atoms with E-state index >= 15 is 0 Å². The molecule has 0 aliphatic rings. The highest BCUT2D eigenvalue weighted by Crippen LogP contribution is 2.32. The number of nitrogens with zero attached hydrogens (tertiary/aromatic N) is 2. The van der Waals surface area contributed by atoms with Crippen molar-refractivity contribution in [3.63, 3.8) is 0 Å². The van der Waals surface area contributed by atoms with Crippen LogP contribution in [0.3, 0.4) is 0 Å². The van der Waals surface area contributed by atoms with Crippen LogP contribution in [0.4, 0.5) is 5.69 Å². The van der Waals surface area contributed by atoms with E-state index in [1.54, 1.807) is 12.4 Å². The number of hydrogen-bond donors (Lipinski definition) is 1. The van der Waals surface area contributed by atoms with Gasteiger partial charge in [-0.15, -0.1) is 0 Å². The van der Waals surface area contributed by atoms with Crippen molar-refractivity contribution in [3.8, 4) is 0 Å². The zero-order chi connectivity index (χ0) is 20.3. The summed E-state index contributed by atoms with van der Waals surface area (Å²) in [5.74, 6) is -0.496. The summed E-state index contributed by atoms with van der Waals surface area (Å²) in [5, 5.41) is 4.98. The van der Waals surface area contributed by atoms with Gasteiger partial charge in [-0.2, -0.15) is 0 Å². The predicted molar refractivity (Wildman–Crippen MR) is 120 cm³/mol. The van der Waals surface area contributed by atoms with Gasteiger partial charge in [-0.25, -0.2) is 0 Å². The highest BCUT2D eigenvalue weighted by atomic mass is 16.1. The Balaban J connectivity index is 1.62. The standard InChI is InChI=1S/C26H19N3O/c30-26(23(18-9-3-1-4-10-18)19-11-5-2-6-12-19)29-22-17-20-13-7-15-27-24(20)25-21(22)14-8-16-28-25/h1-17,23H,(H,29,30). The Kier molecular flexibility index (Phi) is 4.66. The number of nitrogens with one attached hydrogen (secondary N) is 1. The van der Waals surface area contributed by atoms with E-state index in [0.29, 0.717) is 0 Å². The Morgan fingerprint density at radius 2 is 1.30 bits per heavy atom. The third kappa shape index (κ3) is 3.29. The highest BCUT2D eigenvalue weighted by Gasteiger charge is 2.23. The van der Waals surface area contributed by atoms with Crippen LogP contribution in [0.25, 0.3) is 21.8 Å². The fraction of sp³-hybridized carbons (Fsp3) is 0.0385. The van der Waals surface area contributed by atoms with Crippen molar-refractivity contribution in [2.75, 3.05) is 5.32 Å². The summed E-state index contributed by atoms with van der Waals surface area (Å²) in [7, 11) is 0. The maximum atomic E-state index is 13.5. The Hall–Kier alpha value is -4.05. The molecular formula is C26H19N3O. The molecule has 0 spiro atoms. The summed E-state index contributed by atoms with van der Waals surface area (Å²) in [5.41, 5.74) is 4.24. The second-order valence-electron chi connectivity index (χ2n) is 7.14. The first-order chi connectivity index (χ1) is 14.8. The van der Waals surface area contributed by atoms with Crippen molar-refractivity contribution in [2.24, 2.45) is 0 Å². The molecule has 2 aromatic heterocycles. The molecule has 0 unspecified atom stereocenters. The van der Waals surface area contributed by atoms with E-state index in [2.05, 4.69) is 15.3 Å². The number of pyridine rings is 2. The smallest absolute Gasteiger partial charge is 0.236 e. The van der Waals surface area contributed by atoms with Gasteiger partial charge in [0.2, 0.25) is 5.91 Å². The van der Waals surface area contributed by atoms with E-state index in [0.717, 1.165) is 38.6 Å². The van der Waals surface area contributed by atoms with E-state index in [-0.39, 0.29) is 5.91 Å². The molecule has 0 atom stereocenters. The summed E-state index contributed by atoms with van der Waals surface area (Å²) in [6.45, 7) is 0.